The molecule has 0 aliphatic rings. The van der Waals surface area contributed by atoms with Gasteiger partial charge in [-0.25, -0.2) is 9.37 Å². The zero-order valence-corrected chi connectivity index (χ0v) is 14.5. The number of hydrogen-bond acceptors (Lipinski definition) is 3. The minimum atomic E-state index is -0.262. The summed E-state index contributed by atoms with van der Waals surface area (Å²) in [7, 11) is 0. The van der Waals surface area contributed by atoms with E-state index < -0.39 is 0 Å². The van der Waals surface area contributed by atoms with Crippen LogP contribution >= 0.6 is 0 Å². The average Bonchev–Trinajstić information content (AvgIpc) is 3.06. The molecule has 2 aromatic heterocycles. The van der Waals surface area contributed by atoms with Crippen molar-refractivity contribution in [3.8, 4) is 0 Å². The van der Waals surface area contributed by atoms with Gasteiger partial charge in [-0.15, -0.1) is 0 Å². The van der Waals surface area contributed by atoms with E-state index in [9.17, 15) is 9.18 Å². The second kappa shape index (κ2) is 7.37. The summed E-state index contributed by atoms with van der Waals surface area (Å²) < 4.78 is 16.1. The van der Waals surface area contributed by atoms with Crippen LogP contribution in [-0.2, 0) is 13.1 Å². The molecule has 6 heteroatoms. The Morgan fingerprint density at radius 1 is 1.00 bits per heavy atom. The molecule has 4 aromatic rings. The van der Waals surface area contributed by atoms with Crippen molar-refractivity contribution in [1.29, 1.82) is 0 Å². The number of carbonyl (C=O) groups is 1. The van der Waals surface area contributed by atoms with Gasteiger partial charge in [-0.2, -0.15) is 0 Å². The van der Waals surface area contributed by atoms with Crippen LogP contribution < -0.4 is 5.32 Å². The van der Waals surface area contributed by atoms with Gasteiger partial charge in [0, 0.05) is 23.5 Å². The number of nitrogens with zero attached hydrogens (tertiary/aromatic N) is 3. The number of imidazole rings is 1. The van der Waals surface area contributed by atoms with Gasteiger partial charge in [0.05, 0.1) is 24.1 Å². The first-order valence-electron chi connectivity index (χ1n) is 8.58. The van der Waals surface area contributed by atoms with Crippen LogP contribution in [0.2, 0.25) is 0 Å². The highest BCUT2D eigenvalue weighted by Gasteiger charge is 2.14. The molecule has 0 saturated heterocycles. The Kier molecular flexibility index (Phi) is 4.61. The first-order valence-corrected chi connectivity index (χ1v) is 8.58. The molecule has 27 heavy (non-hydrogen) atoms. The van der Waals surface area contributed by atoms with Gasteiger partial charge >= 0.3 is 0 Å². The van der Waals surface area contributed by atoms with Gasteiger partial charge in [-0.1, -0.05) is 30.3 Å². The topological polar surface area (TPSA) is 59.8 Å². The van der Waals surface area contributed by atoms with Crippen molar-refractivity contribution in [2.45, 2.75) is 13.1 Å². The number of hydrogen-bond donors (Lipinski definition) is 1. The van der Waals surface area contributed by atoms with Crippen LogP contribution in [0.15, 0.2) is 73.1 Å². The minimum absolute atomic E-state index is 0.207. The summed E-state index contributed by atoms with van der Waals surface area (Å²) in [5, 5.41) is 2.87. The lowest BCUT2D eigenvalue weighted by atomic mass is 10.2. The number of halogens is 1. The molecule has 0 atom stereocenters. The highest BCUT2D eigenvalue weighted by atomic mass is 19.1. The van der Waals surface area contributed by atoms with E-state index in [1.165, 1.54) is 6.07 Å². The molecule has 2 aromatic carbocycles. The molecule has 1 N–H and O–H groups in total. The van der Waals surface area contributed by atoms with E-state index >= 15 is 0 Å². The first kappa shape index (κ1) is 16.9. The van der Waals surface area contributed by atoms with Crippen molar-refractivity contribution in [3.05, 3.63) is 95.8 Å². The Hall–Kier alpha value is -3.54. The highest BCUT2D eigenvalue weighted by Crippen LogP contribution is 2.19. The predicted molar refractivity (Wildman–Crippen MR) is 101 cm³/mol. The molecule has 0 aliphatic heterocycles. The summed E-state index contributed by atoms with van der Waals surface area (Å²) in [4.78, 5) is 20.9. The van der Waals surface area contributed by atoms with Gasteiger partial charge in [0.25, 0.3) is 5.91 Å². The van der Waals surface area contributed by atoms with Crippen molar-refractivity contribution in [3.63, 3.8) is 0 Å². The smallest absolute Gasteiger partial charge is 0.251 e. The van der Waals surface area contributed by atoms with E-state index in [-0.39, 0.29) is 18.3 Å². The molecule has 134 valence electrons. The van der Waals surface area contributed by atoms with Crippen LogP contribution in [-0.4, -0.2) is 20.4 Å². The maximum Gasteiger partial charge on any atom is 0.251 e. The van der Waals surface area contributed by atoms with Crippen molar-refractivity contribution in [2.24, 2.45) is 0 Å². The maximum atomic E-state index is 14.1. The van der Waals surface area contributed by atoms with Gasteiger partial charge in [-0.05, 0) is 30.3 Å². The second-order valence-corrected chi connectivity index (χ2v) is 6.11. The quantitative estimate of drug-likeness (QED) is 0.592. The number of carbonyl (C=O) groups excluding carboxylic acids is 1. The van der Waals surface area contributed by atoms with E-state index in [4.69, 9.17) is 0 Å². The fourth-order valence-electron chi connectivity index (χ4n) is 3.00. The number of pyridine rings is 1. The molecular weight excluding hydrogens is 343 g/mol. The summed E-state index contributed by atoms with van der Waals surface area (Å²) in [5.41, 5.74) is 2.81. The van der Waals surface area contributed by atoms with Gasteiger partial charge < -0.3 is 9.88 Å². The fraction of sp³-hybridized carbons (Fsp3) is 0.0952. The lowest BCUT2D eigenvalue weighted by Gasteiger charge is -2.11. The molecule has 0 radical (unpaired) electrons. The molecule has 0 bridgehead atoms. The Labute approximate surface area is 155 Å². The van der Waals surface area contributed by atoms with E-state index in [1.54, 1.807) is 36.7 Å². The maximum absolute atomic E-state index is 14.1. The summed E-state index contributed by atoms with van der Waals surface area (Å²) in [6.45, 7) is 0.581. The van der Waals surface area contributed by atoms with Crippen molar-refractivity contribution in [2.75, 3.05) is 0 Å². The molecule has 0 spiro atoms. The molecule has 0 unspecified atom stereocenters. The largest absolute Gasteiger partial charge is 0.345 e. The summed E-state index contributed by atoms with van der Waals surface area (Å²) in [6.07, 6.45) is 3.14. The predicted octanol–water partition coefficient (Wildman–Crippen LogP) is 3.55. The molecule has 2 heterocycles. The molecule has 0 aliphatic carbocycles. The monoisotopic (exact) mass is 360 g/mol. The number of aromatic nitrogens is 3. The van der Waals surface area contributed by atoms with E-state index in [2.05, 4.69) is 15.3 Å². The van der Waals surface area contributed by atoms with Crippen LogP contribution in [0.4, 0.5) is 4.39 Å². The Morgan fingerprint density at radius 3 is 2.56 bits per heavy atom. The van der Waals surface area contributed by atoms with Crippen LogP contribution in [0.3, 0.4) is 0 Å². The van der Waals surface area contributed by atoms with Crippen LogP contribution in [0.25, 0.3) is 11.0 Å². The van der Waals surface area contributed by atoms with Crippen LogP contribution in [0.1, 0.15) is 21.7 Å². The molecule has 1 amide bonds. The van der Waals surface area contributed by atoms with Gasteiger partial charge in [-0.3, -0.25) is 9.78 Å². The van der Waals surface area contributed by atoms with Crippen LogP contribution in [0, 0.1) is 5.82 Å². The van der Waals surface area contributed by atoms with Gasteiger partial charge in [0.1, 0.15) is 11.6 Å². The lowest BCUT2D eigenvalue weighted by molar-refractivity contribution is 0.0949. The molecular formula is C21H17FN4O. The second-order valence-electron chi connectivity index (χ2n) is 6.11. The van der Waals surface area contributed by atoms with Gasteiger partial charge in [0.15, 0.2) is 0 Å². The van der Waals surface area contributed by atoms with E-state index in [1.807, 2.05) is 34.9 Å². The third kappa shape index (κ3) is 3.55. The molecule has 5 nitrogen and oxygen atoms in total. The van der Waals surface area contributed by atoms with Crippen molar-refractivity contribution >= 4 is 16.9 Å². The zero-order chi connectivity index (χ0) is 18.6. The van der Waals surface area contributed by atoms with Crippen molar-refractivity contribution in [1.82, 2.24) is 19.9 Å². The fourth-order valence-corrected chi connectivity index (χ4v) is 3.00. The number of amides is 1. The Bertz CT molecular complexity index is 1090. The number of para-hydroxylation sites is 2. The molecule has 0 fully saturated rings. The number of nitrogens with one attached hydrogen (secondary N) is 1. The van der Waals surface area contributed by atoms with Crippen molar-refractivity contribution < 1.29 is 9.18 Å². The number of benzene rings is 2. The third-order valence-corrected chi connectivity index (χ3v) is 4.37. The highest BCUT2D eigenvalue weighted by molar-refractivity contribution is 5.93. The Morgan fingerprint density at radius 2 is 1.74 bits per heavy atom. The van der Waals surface area contributed by atoms with E-state index in [0.717, 1.165) is 11.0 Å². The van der Waals surface area contributed by atoms with Gasteiger partial charge in [0.2, 0.25) is 0 Å². The van der Waals surface area contributed by atoms with Crippen LogP contribution in [0.5, 0.6) is 0 Å². The number of fused-ring (bicyclic) bond motifs is 1. The van der Waals surface area contributed by atoms with E-state index in [0.29, 0.717) is 23.5 Å². The molecule has 4 rings (SSSR count). The third-order valence-electron chi connectivity index (χ3n) is 4.37. The average molecular weight is 360 g/mol. The standard InChI is InChI=1S/C21H17FN4O/c22-17-6-2-1-5-16(17)14-26-19-8-4-3-7-18(19)25-20(26)13-24-21(27)15-9-11-23-12-10-15/h1-12H,13-14H2,(H,24,27). The first-order chi connectivity index (χ1) is 13.2. The zero-order valence-electron chi connectivity index (χ0n) is 14.5. The Balaban J connectivity index is 1.64. The lowest BCUT2D eigenvalue weighted by Crippen LogP contribution is -2.25. The molecule has 0 saturated carbocycles. The minimum Gasteiger partial charge on any atom is -0.345 e. The normalized spacial score (nSPS) is 10.9. The summed E-state index contributed by atoms with van der Waals surface area (Å²) in [5.74, 6) is 0.200. The summed E-state index contributed by atoms with van der Waals surface area (Å²) >= 11 is 0. The summed E-state index contributed by atoms with van der Waals surface area (Å²) in [6, 6.07) is 17.6. The SMILES string of the molecule is O=C(NCc1nc2ccccc2n1Cc1ccccc1F)c1ccncc1. The number of rotatable bonds is 5.